The summed E-state index contributed by atoms with van der Waals surface area (Å²) < 4.78 is 52.8. The van der Waals surface area contributed by atoms with E-state index in [1.807, 2.05) is 24.3 Å². The Hall–Kier alpha value is -1.45. The van der Waals surface area contributed by atoms with Crippen LogP contribution in [0.4, 0.5) is 0 Å². The van der Waals surface area contributed by atoms with Crippen LogP contribution in [0.25, 0.3) is 0 Å². The van der Waals surface area contributed by atoms with Crippen LogP contribution in [-0.4, -0.2) is 47.0 Å². The Labute approximate surface area is 178 Å². The smallest absolute Gasteiger partial charge is 0.212 e. The van der Waals surface area contributed by atoms with Crippen LogP contribution in [0.2, 0.25) is 5.02 Å². The summed E-state index contributed by atoms with van der Waals surface area (Å²) in [7, 11) is -3.94. The van der Waals surface area contributed by atoms with E-state index >= 15 is 0 Å². The molecule has 0 spiro atoms. The van der Waals surface area contributed by atoms with Crippen molar-refractivity contribution in [2.75, 3.05) is 19.8 Å². The first-order valence-corrected chi connectivity index (χ1v) is 12.8. The lowest BCUT2D eigenvalue weighted by molar-refractivity contribution is 0.326. The summed E-state index contributed by atoms with van der Waals surface area (Å²) in [5.41, 5.74) is 1.96. The molecule has 0 amide bonds. The maximum atomic E-state index is 12.4. The molecule has 0 aliphatic heterocycles. The monoisotopic (exact) mass is 456 g/mol. The molecule has 1 saturated carbocycles. The molecular formula is C20H25ClN2O4S2. The molecule has 3 rings (SSSR count). The van der Waals surface area contributed by atoms with Crippen molar-refractivity contribution in [1.29, 1.82) is 0 Å². The summed E-state index contributed by atoms with van der Waals surface area (Å²) in [5, 5.41) is 0.692. The number of nitrogens with zero attached hydrogens (tertiary/aromatic N) is 1. The van der Waals surface area contributed by atoms with Gasteiger partial charge in [0.2, 0.25) is 20.0 Å². The summed E-state index contributed by atoms with van der Waals surface area (Å²) in [6.07, 6.45) is 1.88. The lowest BCUT2D eigenvalue weighted by Gasteiger charge is -2.36. The second kappa shape index (κ2) is 8.73. The molecule has 1 aliphatic carbocycles. The van der Waals surface area contributed by atoms with Gasteiger partial charge in [0, 0.05) is 25.2 Å². The fourth-order valence-corrected chi connectivity index (χ4v) is 5.68. The zero-order valence-corrected chi connectivity index (χ0v) is 18.8. The van der Waals surface area contributed by atoms with Gasteiger partial charge in [0.25, 0.3) is 0 Å². The maximum absolute atomic E-state index is 12.4. The number of rotatable bonds is 8. The summed E-state index contributed by atoms with van der Waals surface area (Å²) in [6.45, 7) is 0. The molecule has 9 heteroatoms. The van der Waals surface area contributed by atoms with E-state index in [4.69, 9.17) is 11.6 Å². The van der Waals surface area contributed by atoms with Crippen LogP contribution in [0.1, 0.15) is 29.9 Å². The third-order valence-corrected chi connectivity index (χ3v) is 8.70. The lowest BCUT2D eigenvalue weighted by Crippen LogP contribution is -2.44. The zero-order chi connectivity index (χ0) is 21.2. The number of aryl methyl sites for hydroxylation is 1. The van der Waals surface area contributed by atoms with Gasteiger partial charge in [0.05, 0.1) is 10.6 Å². The highest BCUT2D eigenvalue weighted by molar-refractivity contribution is 7.89. The summed E-state index contributed by atoms with van der Waals surface area (Å²) >= 11 is 5.90. The summed E-state index contributed by atoms with van der Waals surface area (Å²) in [4.78, 5) is 0.190. The number of sulfonamides is 2. The van der Waals surface area contributed by atoms with Crippen LogP contribution in [-0.2, 0) is 26.5 Å². The molecule has 2 aromatic carbocycles. The molecule has 29 heavy (non-hydrogen) atoms. The van der Waals surface area contributed by atoms with E-state index in [2.05, 4.69) is 4.72 Å². The van der Waals surface area contributed by atoms with Crippen LogP contribution in [0.15, 0.2) is 53.4 Å². The SMILES string of the molecule is CN(C)S(=O)(=O)c1ccc(CCS(=O)(=O)NC2CC(c3ccc(Cl)cc3)C2)cc1. The van der Waals surface area contributed by atoms with E-state index < -0.39 is 20.0 Å². The molecule has 0 atom stereocenters. The molecule has 2 aromatic rings. The molecular weight excluding hydrogens is 432 g/mol. The molecule has 0 aromatic heterocycles. The number of hydrogen-bond acceptors (Lipinski definition) is 4. The fraction of sp³-hybridized carbons (Fsp3) is 0.400. The quantitative estimate of drug-likeness (QED) is 0.661. The average molecular weight is 457 g/mol. The van der Waals surface area contributed by atoms with Crippen molar-refractivity contribution in [1.82, 2.24) is 9.03 Å². The van der Waals surface area contributed by atoms with Crippen molar-refractivity contribution in [2.24, 2.45) is 0 Å². The molecule has 1 fully saturated rings. The van der Waals surface area contributed by atoms with Gasteiger partial charge in [0.1, 0.15) is 0 Å². The first-order valence-electron chi connectivity index (χ1n) is 9.34. The third-order valence-electron chi connectivity index (χ3n) is 5.19. The predicted molar refractivity (Wildman–Crippen MR) is 115 cm³/mol. The standard InChI is InChI=1S/C20H25ClN2O4S2/c1-23(2)29(26,27)20-9-3-15(4-10-20)11-12-28(24,25)22-19-13-17(14-19)16-5-7-18(21)8-6-16/h3-10,17,19,22H,11-14H2,1-2H3. The van der Waals surface area contributed by atoms with Crippen molar-refractivity contribution >= 4 is 31.6 Å². The number of nitrogens with one attached hydrogen (secondary N) is 1. The zero-order valence-electron chi connectivity index (χ0n) is 16.4. The Balaban J connectivity index is 1.50. The summed E-state index contributed by atoms with van der Waals surface area (Å²) in [5.74, 6) is 0.320. The highest BCUT2D eigenvalue weighted by Crippen LogP contribution is 2.37. The van der Waals surface area contributed by atoms with Crippen molar-refractivity contribution in [3.8, 4) is 0 Å². The second-order valence-electron chi connectivity index (χ2n) is 7.53. The first kappa shape index (κ1) is 22.2. The highest BCUT2D eigenvalue weighted by Gasteiger charge is 2.32. The van der Waals surface area contributed by atoms with E-state index in [1.165, 1.54) is 31.8 Å². The van der Waals surface area contributed by atoms with Crippen molar-refractivity contribution in [3.05, 3.63) is 64.7 Å². The number of halogens is 1. The molecule has 0 bridgehead atoms. The minimum absolute atomic E-state index is 0.0328. The molecule has 0 radical (unpaired) electrons. The molecule has 0 saturated heterocycles. The van der Waals surface area contributed by atoms with Gasteiger partial charge in [0.15, 0.2) is 0 Å². The van der Waals surface area contributed by atoms with Gasteiger partial charge in [-0.05, 0) is 60.6 Å². The number of benzene rings is 2. The van der Waals surface area contributed by atoms with Gasteiger partial charge in [-0.2, -0.15) is 0 Å². The normalized spacial score (nSPS) is 19.9. The molecule has 1 aliphatic rings. The van der Waals surface area contributed by atoms with Gasteiger partial charge in [-0.1, -0.05) is 35.9 Å². The Morgan fingerprint density at radius 1 is 0.966 bits per heavy atom. The number of hydrogen-bond donors (Lipinski definition) is 1. The molecule has 0 unspecified atom stereocenters. The van der Waals surface area contributed by atoms with Gasteiger partial charge >= 0.3 is 0 Å². The van der Waals surface area contributed by atoms with Gasteiger partial charge < -0.3 is 0 Å². The first-order chi connectivity index (χ1) is 13.6. The largest absolute Gasteiger partial charge is 0.242 e. The average Bonchev–Trinajstić information content (AvgIpc) is 2.64. The Morgan fingerprint density at radius 3 is 2.10 bits per heavy atom. The molecule has 0 heterocycles. The van der Waals surface area contributed by atoms with Crippen molar-refractivity contribution in [3.63, 3.8) is 0 Å². The minimum Gasteiger partial charge on any atom is -0.212 e. The van der Waals surface area contributed by atoms with E-state index in [0.29, 0.717) is 17.4 Å². The second-order valence-corrected chi connectivity index (χ2v) is 12.0. The van der Waals surface area contributed by atoms with E-state index in [0.717, 1.165) is 22.7 Å². The predicted octanol–water partition coefficient (Wildman–Crippen LogP) is 3.00. The van der Waals surface area contributed by atoms with E-state index in [1.54, 1.807) is 12.1 Å². The van der Waals surface area contributed by atoms with Crippen LogP contribution in [0, 0.1) is 0 Å². The van der Waals surface area contributed by atoms with Crippen LogP contribution in [0.5, 0.6) is 0 Å². The fourth-order valence-electron chi connectivity index (χ4n) is 3.33. The van der Waals surface area contributed by atoms with Crippen molar-refractivity contribution in [2.45, 2.75) is 36.1 Å². The Morgan fingerprint density at radius 2 is 1.55 bits per heavy atom. The Bertz CT molecular complexity index is 1040. The van der Waals surface area contributed by atoms with Crippen LogP contribution >= 0.6 is 11.6 Å². The molecule has 1 N–H and O–H groups in total. The minimum atomic E-state index is -3.48. The van der Waals surface area contributed by atoms with E-state index in [9.17, 15) is 16.8 Å². The van der Waals surface area contributed by atoms with Crippen molar-refractivity contribution < 1.29 is 16.8 Å². The third kappa shape index (κ3) is 5.58. The van der Waals surface area contributed by atoms with Gasteiger partial charge in [-0.3, -0.25) is 0 Å². The highest BCUT2D eigenvalue weighted by atomic mass is 35.5. The molecule has 158 valence electrons. The topological polar surface area (TPSA) is 83.6 Å². The summed E-state index contributed by atoms with van der Waals surface area (Å²) in [6, 6.07) is 14.0. The molecule has 6 nitrogen and oxygen atoms in total. The van der Waals surface area contributed by atoms with Crippen LogP contribution in [0.3, 0.4) is 0 Å². The van der Waals surface area contributed by atoms with Gasteiger partial charge in [-0.15, -0.1) is 0 Å². The lowest BCUT2D eigenvalue weighted by atomic mass is 9.76. The Kier molecular flexibility index (Phi) is 6.70. The maximum Gasteiger partial charge on any atom is 0.242 e. The van der Waals surface area contributed by atoms with Crippen LogP contribution < -0.4 is 4.72 Å². The van der Waals surface area contributed by atoms with Gasteiger partial charge in [-0.25, -0.2) is 25.9 Å². The van der Waals surface area contributed by atoms with E-state index in [-0.39, 0.29) is 16.7 Å².